The molecule has 0 saturated heterocycles. The maximum absolute atomic E-state index is 12.6. The van der Waals surface area contributed by atoms with Crippen LogP contribution in [0.25, 0.3) is 10.9 Å². The first-order chi connectivity index (χ1) is 12.7. The molecule has 0 bridgehead atoms. The highest BCUT2D eigenvalue weighted by atomic mass is 32.2. The van der Waals surface area contributed by atoms with Crippen molar-refractivity contribution in [2.75, 3.05) is 14.1 Å². The number of aromatic nitrogens is 1. The van der Waals surface area contributed by atoms with Crippen LogP contribution in [0.2, 0.25) is 0 Å². The van der Waals surface area contributed by atoms with Crippen LogP contribution >= 0.6 is 0 Å². The number of para-hydroxylation sites is 1. The summed E-state index contributed by atoms with van der Waals surface area (Å²) in [5.74, 6) is -0.307. The number of nitrogens with one attached hydrogen (secondary N) is 1. The van der Waals surface area contributed by atoms with E-state index in [4.69, 9.17) is 0 Å². The lowest BCUT2D eigenvalue weighted by atomic mass is 10.1. The molecule has 0 spiro atoms. The molecule has 0 saturated carbocycles. The SMILES string of the molecule is Cc1ccc(C(=O)NCc2cn(C)c3ccccc23)cc1S(=O)(=O)N(C)C. The molecular weight excluding hydrogens is 362 g/mol. The van der Waals surface area contributed by atoms with E-state index >= 15 is 0 Å². The fourth-order valence-electron chi connectivity index (χ4n) is 3.06. The average molecular weight is 385 g/mol. The Hall–Kier alpha value is -2.64. The third-order valence-electron chi connectivity index (χ3n) is 4.63. The number of hydrogen-bond donors (Lipinski definition) is 1. The summed E-state index contributed by atoms with van der Waals surface area (Å²) < 4.78 is 28.1. The summed E-state index contributed by atoms with van der Waals surface area (Å²) in [4.78, 5) is 12.7. The van der Waals surface area contributed by atoms with Crippen molar-refractivity contribution in [1.29, 1.82) is 0 Å². The first-order valence-electron chi connectivity index (χ1n) is 8.56. The number of benzene rings is 2. The molecule has 1 amide bonds. The number of amides is 1. The maximum atomic E-state index is 12.6. The average Bonchev–Trinajstić information content (AvgIpc) is 2.96. The summed E-state index contributed by atoms with van der Waals surface area (Å²) >= 11 is 0. The van der Waals surface area contributed by atoms with Gasteiger partial charge in [0, 0.05) is 50.4 Å². The van der Waals surface area contributed by atoms with Crippen LogP contribution in [0.4, 0.5) is 0 Å². The van der Waals surface area contributed by atoms with E-state index in [1.54, 1.807) is 19.1 Å². The monoisotopic (exact) mass is 385 g/mol. The van der Waals surface area contributed by atoms with Crippen LogP contribution in [0.1, 0.15) is 21.5 Å². The van der Waals surface area contributed by atoms with Crippen LogP contribution in [-0.2, 0) is 23.6 Å². The molecule has 27 heavy (non-hydrogen) atoms. The van der Waals surface area contributed by atoms with Crippen molar-refractivity contribution in [1.82, 2.24) is 14.2 Å². The Morgan fingerprint density at radius 3 is 2.56 bits per heavy atom. The zero-order chi connectivity index (χ0) is 19.8. The van der Waals surface area contributed by atoms with Gasteiger partial charge in [0.15, 0.2) is 0 Å². The summed E-state index contributed by atoms with van der Waals surface area (Å²) in [6.07, 6.45) is 1.99. The maximum Gasteiger partial charge on any atom is 0.251 e. The number of rotatable bonds is 5. The first kappa shape index (κ1) is 19.1. The van der Waals surface area contributed by atoms with E-state index in [0.717, 1.165) is 20.8 Å². The van der Waals surface area contributed by atoms with Gasteiger partial charge in [-0.1, -0.05) is 24.3 Å². The summed E-state index contributed by atoms with van der Waals surface area (Å²) in [6.45, 7) is 2.08. The van der Waals surface area contributed by atoms with Gasteiger partial charge in [-0.15, -0.1) is 0 Å². The largest absolute Gasteiger partial charge is 0.350 e. The van der Waals surface area contributed by atoms with E-state index in [9.17, 15) is 13.2 Å². The molecule has 0 unspecified atom stereocenters. The van der Waals surface area contributed by atoms with Crippen molar-refractivity contribution in [3.8, 4) is 0 Å². The Morgan fingerprint density at radius 2 is 1.85 bits per heavy atom. The van der Waals surface area contributed by atoms with Gasteiger partial charge in [0.25, 0.3) is 5.91 Å². The standard InChI is InChI=1S/C20H23N3O3S/c1-14-9-10-15(11-19(14)27(25,26)22(2)3)20(24)21-12-16-13-23(4)18-8-6-5-7-17(16)18/h5-11,13H,12H2,1-4H3,(H,21,24). The molecule has 0 atom stereocenters. The third-order valence-corrected chi connectivity index (χ3v) is 6.58. The Kier molecular flexibility index (Phi) is 5.08. The van der Waals surface area contributed by atoms with Crippen molar-refractivity contribution in [3.63, 3.8) is 0 Å². The Labute approximate surface area is 159 Å². The molecule has 7 heteroatoms. The predicted octanol–water partition coefficient (Wildman–Crippen LogP) is 2.67. The van der Waals surface area contributed by atoms with Crippen LogP contribution in [-0.4, -0.2) is 37.3 Å². The van der Waals surface area contributed by atoms with Crippen molar-refractivity contribution >= 4 is 26.8 Å². The van der Waals surface area contributed by atoms with Crippen molar-refractivity contribution in [3.05, 3.63) is 65.4 Å². The predicted molar refractivity (Wildman–Crippen MR) is 106 cm³/mol. The van der Waals surface area contributed by atoms with Gasteiger partial charge < -0.3 is 9.88 Å². The van der Waals surface area contributed by atoms with Gasteiger partial charge in [-0.2, -0.15) is 0 Å². The highest BCUT2D eigenvalue weighted by Crippen LogP contribution is 2.21. The quantitative estimate of drug-likeness (QED) is 0.734. The Balaban J connectivity index is 1.85. The molecule has 2 aromatic carbocycles. The minimum absolute atomic E-state index is 0.144. The van der Waals surface area contributed by atoms with E-state index < -0.39 is 10.0 Å². The number of fused-ring (bicyclic) bond motifs is 1. The number of nitrogens with zero attached hydrogens (tertiary/aromatic N) is 2. The second-order valence-electron chi connectivity index (χ2n) is 6.73. The molecular formula is C20H23N3O3S. The molecule has 1 heterocycles. The number of aryl methyl sites for hydroxylation is 2. The number of hydrogen-bond acceptors (Lipinski definition) is 3. The molecule has 0 radical (unpaired) electrons. The molecule has 142 valence electrons. The lowest BCUT2D eigenvalue weighted by molar-refractivity contribution is 0.0951. The normalized spacial score (nSPS) is 11.9. The van der Waals surface area contributed by atoms with Crippen LogP contribution < -0.4 is 5.32 Å². The molecule has 1 N–H and O–H groups in total. The van der Waals surface area contributed by atoms with Crippen LogP contribution in [0, 0.1) is 6.92 Å². The zero-order valence-corrected chi connectivity index (χ0v) is 16.7. The van der Waals surface area contributed by atoms with E-state index in [1.165, 1.54) is 20.2 Å². The van der Waals surface area contributed by atoms with Gasteiger partial charge in [0.05, 0.1) is 4.90 Å². The third kappa shape index (κ3) is 3.61. The number of carbonyl (C=O) groups excluding carboxylic acids is 1. The second-order valence-corrected chi connectivity index (χ2v) is 8.85. The molecule has 0 aliphatic rings. The van der Waals surface area contributed by atoms with E-state index in [-0.39, 0.29) is 10.8 Å². The number of carbonyl (C=O) groups is 1. The lowest BCUT2D eigenvalue weighted by Crippen LogP contribution is -2.25. The lowest BCUT2D eigenvalue weighted by Gasteiger charge is -2.14. The van der Waals surface area contributed by atoms with Crippen molar-refractivity contribution in [2.24, 2.45) is 7.05 Å². The van der Waals surface area contributed by atoms with E-state index in [1.807, 2.05) is 42.1 Å². The van der Waals surface area contributed by atoms with Gasteiger partial charge in [0.1, 0.15) is 0 Å². The fraction of sp³-hybridized carbons (Fsp3) is 0.250. The fourth-order valence-corrected chi connectivity index (χ4v) is 4.20. The molecule has 3 aromatic rings. The zero-order valence-electron chi connectivity index (χ0n) is 15.9. The minimum Gasteiger partial charge on any atom is -0.350 e. The second kappa shape index (κ2) is 7.17. The summed E-state index contributed by atoms with van der Waals surface area (Å²) in [5, 5.41) is 3.97. The van der Waals surface area contributed by atoms with Crippen LogP contribution in [0.3, 0.4) is 0 Å². The molecule has 0 aliphatic heterocycles. The smallest absolute Gasteiger partial charge is 0.251 e. The van der Waals surface area contributed by atoms with Crippen LogP contribution in [0.5, 0.6) is 0 Å². The Morgan fingerprint density at radius 1 is 1.15 bits per heavy atom. The minimum atomic E-state index is -3.61. The summed E-state index contributed by atoms with van der Waals surface area (Å²) in [5.41, 5.74) is 3.03. The van der Waals surface area contributed by atoms with E-state index in [2.05, 4.69) is 5.32 Å². The topological polar surface area (TPSA) is 71.4 Å². The molecule has 6 nitrogen and oxygen atoms in total. The van der Waals surface area contributed by atoms with Crippen molar-refractivity contribution in [2.45, 2.75) is 18.4 Å². The van der Waals surface area contributed by atoms with Crippen molar-refractivity contribution < 1.29 is 13.2 Å². The molecule has 0 aliphatic carbocycles. The van der Waals surface area contributed by atoms with Gasteiger partial charge in [0.2, 0.25) is 10.0 Å². The van der Waals surface area contributed by atoms with Gasteiger partial charge >= 0.3 is 0 Å². The van der Waals surface area contributed by atoms with Gasteiger partial charge in [-0.3, -0.25) is 4.79 Å². The highest BCUT2D eigenvalue weighted by Gasteiger charge is 2.21. The molecule has 1 aromatic heterocycles. The van der Waals surface area contributed by atoms with Gasteiger partial charge in [-0.05, 0) is 36.2 Å². The molecule has 0 fully saturated rings. The highest BCUT2D eigenvalue weighted by molar-refractivity contribution is 7.89. The molecule has 3 rings (SSSR count). The van der Waals surface area contributed by atoms with E-state index in [0.29, 0.717) is 17.7 Å². The van der Waals surface area contributed by atoms with Gasteiger partial charge in [-0.25, -0.2) is 12.7 Å². The first-order valence-corrected chi connectivity index (χ1v) is 10.00. The number of sulfonamides is 1. The Bertz CT molecular complexity index is 1110. The van der Waals surface area contributed by atoms with Crippen LogP contribution in [0.15, 0.2) is 53.6 Å². The summed E-state index contributed by atoms with van der Waals surface area (Å²) in [7, 11) is 1.31. The summed E-state index contributed by atoms with van der Waals surface area (Å²) in [6, 6.07) is 12.7.